The molecule has 1 N–H and O–H groups in total. The van der Waals surface area contributed by atoms with Gasteiger partial charge >= 0.3 is 0 Å². The fourth-order valence-corrected chi connectivity index (χ4v) is 1.60. The molecule has 1 aromatic carbocycles. The number of nitrogens with zero attached hydrogens (tertiary/aromatic N) is 2. The van der Waals surface area contributed by atoms with Gasteiger partial charge in [0.15, 0.2) is 0 Å². The zero-order chi connectivity index (χ0) is 13.1. The van der Waals surface area contributed by atoms with Crippen LogP contribution < -0.4 is 5.32 Å². The molecular formula is C13H15N3O2. The first kappa shape index (κ1) is 12.3. The molecule has 0 saturated carbocycles. The van der Waals surface area contributed by atoms with E-state index in [9.17, 15) is 4.79 Å². The number of carbonyl (C=O) groups is 1. The largest absolute Gasteiger partial charge is 0.345 e. The molecule has 0 aliphatic carbocycles. The Bertz CT molecular complexity index is 546. The van der Waals surface area contributed by atoms with E-state index in [0.29, 0.717) is 11.7 Å². The van der Waals surface area contributed by atoms with Crippen LogP contribution in [0.2, 0.25) is 0 Å². The average Bonchev–Trinajstić information content (AvgIpc) is 2.78. The Morgan fingerprint density at radius 2 is 2.00 bits per heavy atom. The summed E-state index contributed by atoms with van der Waals surface area (Å²) in [6, 6.07) is 7.57. The summed E-state index contributed by atoms with van der Waals surface area (Å²) in [7, 11) is 0. The molecule has 18 heavy (non-hydrogen) atoms. The molecule has 1 heterocycles. The number of nitrogens with one attached hydrogen (secondary N) is 1. The fourth-order valence-electron chi connectivity index (χ4n) is 1.60. The number of carbonyl (C=O) groups excluding carboxylic acids is 1. The van der Waals surface area contributed by atoms with Crippen LogP contribution in [0.25, 0.3) is 11.4 Å². The first-order chi connectivity index (χ1) is 8.56. The summed E-state index contributed by atoms with van der Waals surface area (Å²) in [6.07, 6.45) is 0. The highest BCUT2D eigenvalue weighted by atomic mass is 16.5. The lowest BCUT2D eigenvalue weighted by Crippen LogP contribution is -2.23. The topological polar surface area (TPSA) is 68.0 Å². The first-order valence-corrected chi connectivity index (χ1v) is 5.74. The highest BCUT2D eigenvalue weighted by molar-refractivity contribution is 5.73. The van der Waals surface area contributed by atoms with Crippen LogP contribution in [0.15, 0.2) is 28.8 Å². The Labute approximate surface area is 105 Å². The molecule has 94 valence electrons. The highest BCUT2D eigenvalue weighted by Crippen LogP contribution is 2.18. The van der Waals surface area contributed by atoms with Gasteiger partial charge in [0.25, 0.3) is 0 Å². The third-order valence-corrected chi connectivity index (χ3v) is 2.54. The van der Waals surface area contributed by atoms with E-state index >= 15 is 0 Å². The van der Waals surface area contributed by atoms with Gasteiger partial charge in [-0.05, 0) is 13.8 Å². The second-order valence-electron chi connectivity index (χ2n) is 4.24. The predicted molar refractivity (Wildman–Crippen MR) is 66.7 cm³/mol. The van der Waals surface area contributed by atoms with Gasteiger partial charge in [-0.2, -0.15) is 4.98 Å². The molecule has 0 aliphatic rings. The van der Waals surface area contributed by atoms with Crippen molar-refractivity contribution in [3.63, 3.8) is 0 Å². The Morgan fingerprint density at radius 1 is 1.33 bits per heavy atom. The summed E-state index contributed by atoms with van der Waals surface area (Å²) in [5.41, 5.74) is 2.07. The van der Waals surface area contributed by atoms with Crippen molar-refractivity contribution in [3.05, 3.63) is 35.7 Å². The summed E-state index contributed by atoms with van der Waals surface area (Å²) < 4.78 is 5.14. The predicted octanol–water partition coefficient (Wildman–Crippen LogP) is 2.24. The second kappa shape index (κ2) is 5.00. The monoisotopic (exact) mass is 245 g/mol. The maximum absolute atomic E-state index is 10.9. The van der Waals surface area contributed by atoms with Crippen molar-refractivity contribution in [2.24, 2.45) is 0 Å². The minimum atomic E-state index is -0.283. The van der Waals surface area contributed by atoms with E-state index in [-0.39, 0.29) is 11.9 Å². The average molecular weight is 245 g/mol. The molecular weight excluding hydrogens is 230 g/mol. The number of aromatic nitrogens is 2. The van der Waals surface area contributed by atoms with Gasteiger partial charge in [0.2, 0.25) is 17.6 Å². The minimum Gasteiger partial charge on any atom is -0.345 e. The maximum atomic E-state index is 10.9. The van der Waals surface area contributed by atoms with Crippen molar-refractivity contribution in [1.82, 2.24) is 15.5 Å². The summed E-state index contributed by atoms with van der Waals surface area (Å²) in [5.74, 6) is 0.806. The number of aryl methyl sites for hydroxylation is 1. The highest BCUT2D eigenvalue weighted by Gasteiger charge is 2.15. The van der Waals surface area contributed by atoms with E-state index in [1.54, 1.807) is 6.92 Å². The van der Waals surface area contributed by atoms with Crippen molar-refractivity contribution in [3.8, 4) is 11.4 Å². The van der Waals surface area contributed by atoms with Gasteiger partial charge in [0.1, 0.15) is 6.04 Å². The molecule has 2 rings (SSSR count). The van der Waals surface area contributed by atoms with Gasteiger partial charge in [0, 0.05) is 12.5 Å². The molecule has 1 aromatic heterocycles. The molecule has 0 spiro atoms. The van der Waals surface area contributed by atoms with Crippen LogP contribution in [0.3, 0.4) is 0 Å². The van der Waals surface area contributed by atoms with Crippen LogP contribution in [-0.4, -0.2) is 16.0 Å². The normalized spacial score (nSPS) is 12.2. The number of amides is 1. The molecule has 1 amide bonds. The molecule has 0 bridgehead atoms. The third kappa shape index (κ3) is 2.74. The second-order valence-corrected chi connectivity index (χ2v) is 4.24. The summed E-state index contributed by atoms with van der Waals surface area (Å²) in [5, 5.41) is 6.60. The Kier molecular flexibility index (Phi) is 3.41. The van der Waals surface area contributed by atoms with E-state index in [2.05, 4.69) is 15.5 Å². The van der Waals surface area contributed by atoms with Gasteiger partial charge in [-0.3, -0.25) is 4.79 Å². The molecule has 1 atom stereocenters. The smallest absolute Gasteiger partial charge is 0.249 e. The van der Waals surface area contributed by atoms with Gasteiger partial charge in [0.05, 0.1) is 0 Å². The SMILES string of the molecule is CC(=O)N[C@@H](C)c1nc(-c2ccc(C)cc2)no1. The Hall–Kier alpha value is -2.17. The number of hydrogen-bond donors (Lipinski definition) is 1. The van der Waals surface area contributed by atoms with Crippen molar-refractivity contribution < 1.29 is 9.32 Å². The molecule has 0 fully saturated rings. The minimum absolute atomic E-state index is 0.127. The maximum Gasteiger partial charge on any atom is 0.249 e. The zero-order valence-electron chi connectivity index (χ0n) is 10.6. The van der Waals surface area contributed by atoms with Crippen molar-refractivity contribution in [2.75, 3.05) is 0 Å². The first-order valence-electron chi connectivity index (χ1n) is 5.74. The quantitative estimate of drug-likeness (QED) is 0.900. The van der Waals surface area contributed by atoms with Crippen molar-refractivity contribution in [1.29, 1.82) is 0 Å². The van der Waals surface area contributed by atoms with E-state index in [1.165, 1.54) is 12.5 Å². The lowest BCUT2D eigenvalue weighted by atomic mass is 10.1. The fraction of sp³-hybridized carbons (Fsp3) is 0.308. The summed E-state index contributed by atoms with van der Waals surface area (Å²) >= 11 is 0. The Balaban J connectivity index is 2.19. The lowest BCUT2D eigenvalue weighted by Gasteiger charge is -2.05. The van der Waals surface area contributed by atoms with E-state index < -0.39 is 0 Å². The summed E-state index contributed by atoms with van der Waals surface area (Å²) in [4.78, 5) is 15.2. The van der Waals surface area contributed by atoms with Gasteiger partial charge < -0.3 is 9.84 Å². The molecule has 5 nitrogen and oxygen atoms in total. The van der Waals surface area contributed by atoms with Crippen LogP contribution in [0.5, 0.6) is 0 Å². The van der Waals surface area contributed by atoms with Gasteiger partial charge in [-0.15, -0.1) is 0 Å². The lowest BCUT2D eigenvalue weighted by molar-refractivity contribution is -0.119. The third-order valence-electron chi connectivity index (χ3n) is 2.54. The molecule has 0 radical (unpaired) electrons. The van der Waals surface area contributed by atoms with Crippen LogP contribution in [0.4, 0.5) is 0 Å². The number of hydrogen-bond acceptors (Lipinski definition) is 4. The van der Waals surface area contributed by atoms with E-state index in [4.69, 9.17) is 4.52 Å². The molecule has 2 aromatic rings. The van der Waals surface area contributed by atoms with Crippen molar-refractivity contribution in [2.45, 2.75) is 26.8 Å². The van der Waals surface area contributed by atoms with Crippen LogP contribution in [-0.2, 0) is 4.79 Å². The van der Waals surface area contributed by atoms with Crippen LogP contribution in [0, 0.1) is 6.92 Å². The molecule has 0 unspecified atom stereocenters. The van der Waals surface area contributed by atoms with Crippen LogP contribution in [0.1, 0.15) is 31.3 Å². The van der Waals surface area contributed by atoms with E-state index in [1.807, 2.05) is 31.2 Å². The summed E-state index contributed by atoms with van der Waals surface area (Å²) in [6.45, 7) is 5.27. The molecule has 0 saturated heterocycles. The molecule has 5 heteroatoms. The number of rotatable bonds is 3. The molecule has 0 aliphatic heterocycles. The zero-order valence-corrected chi connectivity index (χ0v) is 10.6. The standard InChI is InChI=1S/C13H15N3O2/c1-8-4-6-11(7-5-8)12-15-13(18-16-12)9(2)14-10(3)17/h4-7,9H,1-3H3,(H,14,17)/t9-/m0/s1. The van der Waals surface area contributed by atoms with Crippen LogP contribution >= 0.6 is 0 Å². The Morgan fingerprint density at radius 3 is 2.61 bits per heavy atom. The van der Waals surface area contributed by atoms with Gasteiger partial charge in [-0.25, -0.2) is 0 Å². The number of benzene rings is 1. The van der Waals surface area contributed by atoms with E-state index in [0.717, 1.165) is 5.56 Å². The van der Waals surface area contributed by atoms with Gasteiger partial charge in [-0.1, -0.05) is 35.0 Å². The van der Waals surface area contributed by atoms with Crippen molar-refractivity contribution >= 4 is 5.91 Å².